The molecule has 0 spiro atoms. The van der Waals surface area contributed by atoms with Crippen molar-refractivity contribution in [2.24, 2.45) is 0 Å². The van der Waals surface area contributed by atoms with E-state index in [4.69, 9.17) is 0 Å². The number of halogens is 1. The van der Waals surface area contributed by atoms with Gasteiger partial charge in [0.25, 0.3) is 5.91 Å². The van der Waals surface area contributed by atoms with Crippen LogP contribution in [0.25, 0.3) is 5.65 Å². The Kier molecular flexibility index (Phi) is 5.50. The Labute approximate surface area is 193 Å². The Balaban J connectivity index is 1.35. The van der Waals surface area contributed by atoms with Crippen molar-refractivity contribution in [2.45, 2.75) is 30.3 Å². The third-order valence-electron chi connectivity index (χ3n) is 5.39. The summed E-state index contributed by atoms with van der Waals surface area (Å²) < 4.78 is 44.2. The summed E-state index contributed by atoms with van der Waals surface area (Å²) in [6.07, 6.45) is 3.05. The highest BCUT2D eigenvalue weighted by molar-refractivity contribution is 7.89. The van der Waals surface area contributed by atoms with Gasteiger partial charge in [-0.1, -0.05) is 18.2 Å². The predicted octanol–water partition coefficient (Wildman–Crippen LogP) is 2.38. The van der Waals surface area contributed by atoms with Crippen LogP contribution >= 0.6 is 0 Å². The third-order valence-corrected chi connectivity index (χ3v) is 6.92. The number of pyridine rings is 1. The summed E-state index contributed by atoms with van der Waals surface area (Å²) in [5.41, 5.74) is 1.39. The van der Waals surface area contributed by atoms with Crippen molar-refractivity contribution in [3.8, 4) is 0 Å². The number of aromatic nitrogens is 3. The van der Waals surface area contributed by atoms with Crippen LogP contribution in [0.5, 0.6) is 0 Å². The number of nitrogens with one attached hydrogen (secondary N) is 2. The van der Waals surface area contributed by atoms with E-state index in [0.29, 0.717) is 24.2 Å². The van der Waals surface area contributed by atoms with Crippen LogP contribution in [0.15, 0.2) is 76.6 Å². The van der Waals surface area contributed by atoms with Crippen molar-refractivity contribution in [2.75, 3.05) is 5.32 Å². The number of rotatable bonds is 7. The number of nitrogens with zero attached hydrogens (tertiary/aromatic N) is 3. The van der Waals surface area contributed by atoms with E-state index in [0.717, 1.165) is 17.7 Å². The summed E-state index contributed by atoms with van der Waals surface area (Å²) in [5, 5.41) is 6.98. The molecule has 1 fully saturated rings. The van der Waals surface area contributed by atoms with Crippen LogP contribution in [0.4, 0.5) is 10.1 Å². The lowest BCUT2D eigenvalue weighted by Crippen LogP contribution is -2.27. The number of fused-ring (bicyclic) bond motifs is 1. The Morgan fingerprint density at radius 2 is 1.91 bits per heavy atom. The van der Waals surface area contributed by atoms with Crippen molar-refractivity contribution in [3.05, 3.63) is 94.3 Å². The SMILES string of the molecule is O=C(Nc1cccc(Cn2nc3ccccn3c2=O)c1)c1ccc(F)c(S(=O)(=O)NC2CC2)c1. The van der Waals surface area contributed by atoms with Gasteiger partial charge < -0.3 is 5.32 Å². The first kappa shape index (κ1) is 22.0. The molecule has 11 heteroatoms. The summed E-state index contributed by atoms with van der Waals surface area (Å²) in [5.74, 6) is -1.52. The molecule has 1 aliphatic carbocycles. The van der Waals surface area contributed by atoms with Gasteiger partial charge in [0.15, 0.2) is 5.65 Å². The molecule has 0 aliphatic heterocycles. The maximum atomic E-state index is 14.2. The largest absolute Gasteiger partial charge is 0.350 e. The lowest BCUT2D eigenvalue weighted by Gasteiger charge is -2.10. The maximum absolute atomic E-state index is 14.2. The van der Waals surface area contributed by atoms with Crippen LogP contribution in [-0.4, -0.2) is 34.5 Å². The maximum Gasteiger partial charge on any atom is 0.350 e. The van der Waals surface area contributed by atoms with E-state index in [1.54, 1.807) is 48.7 Å². The molecule has 2 heterocycles. The van der Waals surface area contributed by atoms with Crippen LogP contribution in [0.1, 0.15) is 28.8 Å². The van der Waals surface area contributed by atoms with Gasteiger partial charge in [0.1, 0.15) is 10.7 Å². The zero-order valence-corrected chi connectivity index (χ0v) is 18.6. The van der Waals surface area contributed by atoms with Gasteiger partial charge in [0.2, 0.25) is 10.0 Å². The van der Waals surface area contributed by atoms with Crippen LogP contribution in [0, 0.1) is 5.82 Å². The van der Waals surface area contributed by atoms with Gasteiger partial charge in [-0.3, -0.25) is 9.20 Å². The van der Waals surface area contributed by atoms with Gasteiger partial charge >= 0.3 is 5.69 Å². The van der Waals surface area contributed by atoms with Gasteiger partial charge in [0.05, 0.1) is 6.54 Å². The average Bonchev–Trinajstić information content (AvgIpc) is 3.56. The number of sulfonamides is 1. The topological polar surface area (TPSA) is 115 Å². The van der Waals surface area contributed by atoms with Gasteiger partial charge in [-0.2, -0.15) is 0 Å². The number of carbonyl (C=O) groups is 1. The van der Waals surface area contributed by atoms with Crippen molar-refractivity contribution >= 4 is 27.3 Å². The Hall–Kier alpha value is -3.83. The minimum Gasteiger partial charge on any atom is -0.322 e. The van der Waals surface area contributed by atoms with E-state index in [9.17, 15) is 22.4 Å². The van der Waals surface area contributed by atoms with Crippen LogP contribution in [-0.2, 0) is 16.6 Å². The van der Waals surface area contributed by atoms with Gasteiger partial charge in [0, 0.05) is 23.5 Å². The van der Waals surface area contributed by atoms with Crippen molar-refractivity contribution in [1.82, 2.24) is 18.9 Å². The molecule has 4 aromatic rings. The molecule has 0 saturated heterocycles. The molecule has 2 aromatic heterocycles. The summed E-state index contributed by atoms with van der Waals surface area (Å²) >= 11 is 0. The number of anilines is 1. The molecule has 1 amide bonds. The summed E-state index contributed by atoms with van der Waals surface area (Å²) in [4.78, 5) is 24.7. The van der Waals surface area contributed by atoms with E-state index in [2.05, 4.69) is 15.1 Å². The fraction of sp³-hybridized carbons (Fsp3) is 0.174. The van der Waals surface area contributed by atoms with E-state index in [-0.39, 0.29) is 23.8 Å². The monoisotopic (exact) mass is 481 g/mol. The smallest absolute Gasteiger partial charge is 0.322 e. The molecule has 0 atom stereocenters. The molecular weight excluding hydrogens is 461 g/mol. The number of carbonyl (C=O) groups excluding carboxylic acids is 1. The standard InChI is InChI=1S/C23H20FN5O4S/c24-19-10-7-16(13-20(19)34(32,33)27-17-8-9-17)22(30)25-18-5-3-4-15(12-18)14-29-23(31)28-11-2-1-6-21(28)26-29/h1-7,10-13,17,27H,8-9,14H2,(H,25,30). The normalized spacial score (nSPS) is 13.8. The molecule has 0 radical (unpaired) electrons. The van der Waals surface area contributed by atoms with Crippen LogP contribution < -0.4 is 15.7 Å². The number of hydrogen-bond donors (Lipinski definition) is 2. The molecule has 1 saturated carbocycles. The second-order valence-corrected chi connectivity index (χ2v) is 9.75. The van der Waals surface area contributed by atoms with Crippen molar-refractivity contribution in [1.29, 1.82) is 0 Å². The first-order chi connectivity index (χ1) is 16.3. The number of benzene rings is 2. The first-order valence-corrected chi connectivity index (χ1v) is 12.0. The molecule has 0 bridgehead atoms. The van der Waals surface area contributed by atoms with E-state index < -0.39 is 26.6 Å². The van der Waals surface area contributed by atoms with E-state index in [1.807, 2.05) is 0 Å². The molecule has 0 unspecified atom stereocenters. The minimum atomic E-state index is -4.06. The van der Waals surface area contributed by atoms with Gasteiger partial charge in [-0.15, -0.1) is 5.10 Å². The second kappa shape index (κ2) is 8.50. The van der Waals surface area contributed by atoms with E-state index in [1.165, 1.54) is 15.1 Å². The molecule has 1 aliphatic rings. The summed E-state index contributed by atoms with van der Waals surface area (Å²) in [6.45, 7) is 0.190. The predicted molar refractivity (Wildman–Crippen MR) is 123 cm³/mol. The second-order valence-electron chi connectivity index (χ2n) is 8.06. The van der Waals surface area contributed by atoms with Gasteiger partial charge in [-0.25, -0.2) is 27.0 Å². The Bertz CT molecular complexity index is 1570. The lowest BCUT2D eigenvalue weighted by molar-refractivity contribution is 0.102. The zero-order valence-electron chi connectivity index (χ0n) is 17.8. The van der Waals surface area contributed by atoms with Crippen LogP contribution in [0.2, 0.25) is 0 Å². The fourth-order valence-corrected chi connectivity index (χ4v) is 4.94. The highest BCUT2D eigenvalue weighted by Crippen LogP contribution is 2.24. The fourth-order valence-electron chi connectivity index (χ4n) is 3.53. The summed E-state index contributed by atoms with van der Waals surface area (Å²) in [7, 11) is -4.06. The molecule has 5 rings (SSSR count). The molecular formula is C23H20FN5O4S. The molecule has 34 heavy (non-hydrogen) atoms. The summed E-state index contributed by atoms with van der Waals surface area (Å²) in [6, 6.07) is 15.1. The minimum absolute atomic E-state index is 0.000421. The molecule has 9 nitrogen and oxygen atoms in total. The Morgan fingerprint density at radius 1 is 1.09 bits per heavy atom. The number of hydrogen-bond acceptors (Lipinski definition) is 5. The first-order valence-electron chi connectivity index (χ1n) is 10.6. The van der Waals surface area contributed by atoms with E-state index >= 15 is 0 Å². The molecule has 2 N–H and O–H groups in total. The third kappa shape index (κ3) is 4.47. The average molecular weight is 482 g/mol. The quantitative estimate of drug-likeness (QED) is 0.421. The highest BCUT2D eigenvalue weighted by atomic mass is 32.2. The van der Waals surface area contributed by atoms with Crippen molar-refractivity contribution < 1.29 is 17.6 Å². The lowest BCUT2D eigenvalue weighted by atomic mass is 10.1. The zero-order chi connectivity index (χ0) is 23.9. The highest BCUT2D eigenvalue weighted by Gasteiger charge is 2.30. The van der Waals surface area contributed by atoms with Gasteiger partial charge in [-0.05, 0) is 60.9 Å². The number of amides is 1. The van der Waals surface area contributed by atoms with Crippen molar-refractivity contribution in [3.63, 3.8) is 0 Å². The molecule has 2 aromatic carbocycles. The molecule has 174 valence electrons. The van der Waals surface area contributed by atoms with Crippen LogP contribution in [0.3, 0.4) is 0 Å². The Morgan fingerprint density at radius 3 is 2.68 bits per heavy atom.